The lowest BCUT2D eigenvalue weighted by molar-refractivity contribution is 0.427. The normalized spacial score (nSPS) is 12.7. The van der Waals surface area contributed by atoms with E-state index < -0.39 is 0 Å². The third-order valence-corrected chi connectivity index (χ3v) is 4.06. The van der Waals surface area contributed by atoms with E-state index in [4.69, 9.17) is 5.73 Å². The van der Waals surface area contributed by atoms with Crippen LogP contribution in [0.2, 0.25) is 0 Å². The van der Waals surface area contributed by atoms with Gasteiger partial charge in [0, 0.05) is 17.4 Å². The predicted molar refractivity (Wildman–Crippen MR) is 86.6 cm³/mol. The summed E-state index contributed by atoms with van der Waals surface area (Å²) in [7, 11) is 0. The topological polar surface area (TPSA) is 38.0 Å². The lowest BCUT2D eigenvalue weighted by Gasteiger charge is -2.18. The van der Waals surface area contributed by atoms with Crippen LogP contribution in [-0.4, -0.2) is 6.04 Å². The zero-order valence-electron chi connectivity index (χ0n) is 13.0. The van der Waals surface area contributed by atoms with Gasteiger partial charge in [0.2, 0.25) is 0 Å². The Hall–Kier alpha value is -1.18. The summed E-state index contributed by atoms with van der Waals surface area (Å²) in [5, 5.41) is 3.59. The Balaban J connectivity index is 2.36. The number of hydrogen-bond acceptors (Lipinski definition) is 2. The van der Waals surface area contributed by atoms with Gasteiger partial charge in [-0.05, 0) is 49.9 Å². The van der Waals surface area contributed by atoms with Crippen LogP contribution in [0.4, 0.5) is 11.4 Å². The van der Waals surface area contributed by atoms with Gasteiger partial charge in [0.1, 0.15) is 0 Å². The molecule has 0 bridgehead atoms. The average Bonchev–Trinajstić information content (AvgIpc) is 2.38. The van der Waals surface area contributed by atoms with E-state index in [0.29, 0.717) is 6.04 Å². The maximum absolute atomic E-state index is 5.77. The van der Waals surface area contributed by atoms with E-state index in [1.54, 1.807) is 0 Å². The van der Waals surface area contributed by atoms with Gasteiger partial charge >= 0.3 is 0 Å². The molecule has 2 nitrogen and oxygen atoms in total. The van der Waals surface area contributed by atoms with Crippen LogP contribution in [0.3, 0.4) is 0 Å². The van der Waals surface area contributed by atoms with Gasteiger partial charge in [-0.3, -0.25) is 0 Å². The van der Waals surface area contributed by atoms with Crippen LogP contribution >= 0.6 is 0 Å². The highest BCUT2D eigenvalue weighted by Gasteiger charge is 2.07. The molecule has 0 amide bonds. The number of benzene rings is 1. The number of anilines is 2. The Morgan fingerprint density at radius 2 is 1.84 bits per heavy atom. The molecule has 1 unspecified atom stereocenters. The van der Waals surface area contributed by atoms with E-state index >= 15 is 0 Å². The Bertz CT molecular complexity index is 370. The molecule has 0 aliphatic heterocycles. The van der Waals surface area contributed by atoms with Crippen LogP contribution in [0.25, 0.3) is 0 Å². The van der Waals surface area contributed by atoms with Crippen molar-refractivity contribution in [1.82, 2.24) is 0 Å². The smallest absolute Gasteiger partial charge is 0.0373 e. The molecular weight excluding hydrogens is 232 g/mol. The number of aryl methyl sites for hydroxylation is 1. The summed E-state index contributed by atoms with van der Waals surface area (Å²) >= 11 is 0. The van der Waals surface area contributed by atoms with Crippen LogP contribution in [0.5, 0.6) is 0 Å². The molecule has 0 saturated heterocycles. The molecule has 2 heteroatoms. The number of nitrogens with two attached hydrogens (primary N) is 1. The number of nitrogen functional groups attached to an aromatic ring is 1. The van der Waals surface area contributed by atoms with Crippen molar-refractivity contribution in [2.45, 2.75) is 65.8 Å². The summed E-state index contributed by atoms with van der Waals surface area (Å²) in [5.74, 6) is 0.908. The van der Waals surface area contributed by atoms with Gasteiger partial charge in [0.05, 0.1) is 0 Å². The molecule has 1 atom stereocenters. The second kappa shape index (κ2) is 8.08. The summed E-state index contributed by atoms with van der Waals surface area (Å²) in [4.78, 5) is 0. The van der Waals surface area contributed by atoms with Gasteiger partial charge in [-0.1, -0.05) is 39.5 Å². The largest absolute Gasteiger partial charge is 0.399 e. The van der Waals surface area contributed by atoms with Crippen molar-refractivity contribution in [3.63, 3.8) is 0 Å². The van der Waals surface area contributed by atoms with E-state index in [9.17, 15) is 0 Å². The number of hydrogen-bond donors (Lipinski definition) is 2. The minimum absolute atomic E-state index is 0.525. The van der Waals surface area contributed by atoms with Crippen molar-refractivity contribution < 1.29 is 0 Å². The van der Waals surface area contributed by atoms with Gasteiger partial charge in [0.25, 0.3) is 0 Å². The zero-order valence-corrected chi connectivity index (χ0v) is 13.0. The molecule has 0 saturated carbocycles. The molecule has 0 radical (unpaired) electrons. The highest BCUT2D eigenvalue weighted by Crippen LogP contribution is 2.21. The highest BCUT2D eigenvalue weighted by molar-refractivity contribution is 5.57. The van der Waals surface area contributed by atoms with Gasteiger partial charge < -0.3 is 11.1 Å². The Kier molecular flexibility index (Phi) is 6.75. The molecule has 1 rings (SSSR count). The molecule has 0 spiro atoms. The minimum atomic E-state index is 0.525. The van der Waals surface area contributed by atoms with E-state index in [0.717, 1.165) is 11.6 Å². The second-order valence-corrected chi connectivity index (χ2v) is 5.73. The molecule has 0 aliphatic carbocycles. The Morgan fingerprint density at radius 1 is 1.16 bits per heavy atom. The van der Waals surface area contributed by atoms with Gasteiger partial charge in [0.15, 0.2) is 0 Å². The fourth-order valence-electron chi connectivity index (χ4n) is 2.60. The lowest BCUT2D eigenvalue weighted by Crippen LogP contribution is -2.16. The average molecular weight is 262 g/mol. The van der Waals surface area contributed by atoms with Crippen molar-refractivity contribution >= 4 is 11.4 Å². The van der Waals surface area contributed by atoms with E-state index in [2.05, 4.69) is 39.1 Å². The third kappa shape index (κ3) is 5.54. The number of nitrogens with one attached hydrogen (secondary N) is 1. The maximum Gasteiger partial charge on any atom is 0.0373 e. The van der Waals surface area contributed by atoms with Gasteiger partial charge in [-0.25, -0.2) is 0 Å². The maximum atomic E-state index is 5.77. The highest BCUT2D eigenvalue weighted by atomic mass is 14.9. The van der Waals surface area contributed by atoms with E-state index in [1.807, 2.05) is 12.1 Å². The van der Waals surface area contributed by atoms with Crippen LogP contribution in [0.1, 0.15) is 58.4 Å². The molecule has 0 heterocycles. The molecule has 0 fully saturated rings. The monoisotopic (exact) mass is 262 g/mol. The summed E-state index contributed by atoms with van der Waals surface area (Å²) in [6.07, 6.45) is 6.54. The van der Waals surface area contributed by atoms with Crippen molar-refractivity contribution in [3.05, 3.63) is 23.8 Å². The minimum Gasteiger partial charge on any atom is -0.399 e. The Labute approximate surface area is 118 Å². The summed E-state index contributed by atoms with van der Waals surface area (Å²) in [6, 6.07) is 6.60. The van der Waals surface area contributed by atoms with Crippen molar-refractivity contribution in [2.75, 3.05) is 11.1 Å². The molecule has 0 aromatic heterocycles. The second-order valence-electron chi connectivity index (χ2n) is 5.73. The molecule has 19 heavy (non-hydrogen) atoms. The summed E-state index contributed by atoms with van der Waals surface area (Å²) < 4.78 is 0. The van der Waals surface area contributed by atoms with Crippen molar-refractivity contribution in [1.29, 1.82) is 0 Å². The van der Waals surface area contributed by atoms with Crippen LogP contribution in [0, 0.1) is 12.8 Å². The standard InChI is InChI=1S/C17H30N2/c1-5-15(6-2)9-7-8-14(4)19-17-11-10-16(18)12-13(17)3/h10-12,14-15,19H,5-9,18H2,1-4H3. The molecule has 0 aliphatic rings. The fourth-order valence-corrected chi connectivity index (χ4v) is 2.60. The third-order valence-electron chi connectivity index (χ3n) is 4.06. The molecule has 3 N–H and O–H groups in total. The molecule has 1 aromatic carbocycles. The van der Waals surface area contributed by atoms with Crippen molar-refractivity contribution in [2.24, 2.45) is 5.92 Å². The molecular formula is C17H30N2. The Morgan fingerprint density at radius 3 is 2.42 bits per heavy atom. The fraction of sp³-hybridized carbons (Fsp3) is 0.647. The van der Waals surface area contributed by atoms with Crippen LogP contribution in [0.15, 0.2) is 18.2 Å². The van der Waals surface area contributed by atoms with Crippen LogP contribution in [-0.2, 0) is 0 Å². The summed E-state index contributed by atoms with van der Waals surface area (Å²) in [6.45, 7) is 8.97. The molecule has 1 aromatic rings. The van der Waals surface area contributed by atoms with Crippen molar-refractivity contribution in [3.8, 4) is 0 Å². The van der Waals surface area contributed by atoms with E-state index in [-0.39, 0.29) is 0 Å². The summed E-state index contributed by atoms with van der Waals surface area (Å²) in [5.41, 5.74) is 9.05. The van der Waals surface area contributed by atoms with Crippen LogP contribution < -0.4 is 11.1 Å². The SMILES string of the molecule is CCC(CC)CCCC(C)Nc1ccc(N)cc1C. The first kappa shape index (κ1) is 15.9. The molecule has 108 valence electrons. The first-order valence-electron chi connectivity index (χ1n) is 7.69. The number of rotatable bonds is 8. The quantitative estimate of drug-likeness (QED) is 0.648. The lowest BCUT2D eigenvalue weighted by atomic mass is 9.95. The van der Waals surface area contributed by atoms with E-state index in [1.165, 1.54) is 43.4 Å². The van der Waals surface area contributed by atoms with Gasteiger partial charge in [-0.2, -0.15) is 0 Å². The zero-order chi connectivity index (χ0) is 14.3. The first-order valence-corrected chi connectivity index (χ1v) is 7.69. The predicted octanol–water partition coefficient (Wildman–Crippen LogP) is 4.98. The first-order chi connectivity index (χ1) is 9.06. The van der Waals surface area contributed by atoms with Gasteiger partial charge in [-0.15, -0.1) is 0 Å².